The van der Waals surface area contributed by atoms with Gasteiger partial charge in [-0.25, -0.2) is 4.79 Å². The molecule has 0 aliphatic carbocycles. The highest BCUT2D eigenvalue weighted by Gasteiger charge is 1.96. The normalized spacial score (nSPS) is 11.4. The van der Waals surface area contributed by atoms with Crippen LogP contribution >= 0.6 is 11.8 Å². The Bertz CT molecular complexity index is 152. The molecule has 2 nitrogen and oxygen atoms in total. The standard InChI is InChI=1S/C8H14O2S/c1-4-10-8(9)6-7(3)11-5-2/h6H,4-5H2,1-3H3. The van der Waals surface area contributed by atoms with Crippen molar-refractivity contribution in [2.45, 2.75) is 20.8 Å². The van der Waals surface area contributed by atoms with Crippen LogP contribution in [0.4, 0.5) is 0 Å². The molecular weight excluding hydrogens is 160 g/mol. The van der Waals surface area contributed by atoms with Gasteiger partial charge in [-0.1, -0.05) is 6.92 Å². The molecular formula is C8H14O2S. The van der Waals surface area contributed by atoms with Crippen LogP contribution in [0.2, 0.25) is 0 Å². The number of rotatable bonds is 4. The van der Waals surface area contributed by atoms with Crippen molar-refractivity contribution >= 4 is 17.7 Å². The Morgan fingerprint density at radius 1 is 1.55 bits per heavy atom. The lowest BCUT2D eigenvalue weighted by Gasteiger charge is -1.97. The van der Waals surface area contributed by atoms with E-state index < -0.39 is 0 Å². The molecule has 0 aliphatic rings. The van der Waals surface area contributed by atoms with Gasteiger partial charge in [0.1, 0.15) is 0 Å². The second kappa shape index (κ2) is 6.28. The first-order valence-electron chi connectivity index (χ1n) is 3.68. The maximum Gasteiger partial charge on any atom is 0.331 e. The van der Waals surface area contributed by atoms with Crippen LogP contribution in [0.3, 0.4) is 0 Å². The predicted octanol–water partition coefficient (Wildman–Crippen LogP) is 2.21. The Balaban J connectivity index is 3.76. The van der Waals surface area contributed by atoms with E-state index in [4.69, 9.17) is 4.74 Å². The van der Waals surface area contributed by atoms with Crippen molar-refractivity contribution in [1.82, 2.24) is 0 Å². The Labute approximate surface area is 72.0 Å². The van der Waals surface area contributed by atoms with Gasteiger partial charge in [-0.05, 0) is 24.5 Å². The van der Waals surface area contributed by atoms with E-state index in [1.54, 1.807) is 18.7 Å². The first-order valence-corrected chi connectivity index (χ1v) is 4.67. The van der Waals surface area contributed by atoms with Crippen molar-refractivity contribution < 1.29 is 9.53 Å². The zero-order valence-corrected chi connectivity index (χ0v) is 8.03. The quantitative estimate of drug-likeness (QED) is 0.483. The number of carbonyl (C=O) groups excluding carboxylic acids is 1. The SMILES string of the molecule is CCOC(=O)C=C(C)SCC. The molecule has 0 aromatic carbocycles. The molecule has 64 valence electrons. The van der Waals surface area contributed by atoms with Gasteiger partial charge in [-0.15, -0.1) is 11.8 Å². The summed E-state index contributed by atoms with van der Waals surface area (Å²) >= 11 is 1.65. The number of hydrogen-bond donors (Lipinski definition) is 0. The van der Waals surface area contributed by atoms with Crippen molar-refractivity contribution in [3.8, 4) is 0 Å². The number of allylic oxidation sites excluding steroid dienone is 1. The predicted molar refractivity (Wildman–Crippen MR) is 48.5 cm³/mol. The van der Waals surface area contributed by atoms with Gasteiger partial charge in [-0.3, -0.25) is 0 Å². The molecule has 0 heterocycles. The van der Waals surface area contributed by atoms with E-state index in [9.17, 15) is 4.79 Å². The fourth-order valence-corrected chi connectivity index (χ4v) is 1.25. The molecule has 0 unspecified atom stereocenters. The third-order valence-electron chi connectivity index (χ3n) is 0.980. The minimum atomic E-state index is -0.244. The van der Waals surface area contributed by atoms with Crippen LogP contribution in [0, 0.1) is 0 Å². The lowest BCUT2D eigenvalue weighted by molar-refractivity contribution is -0.137. The maximum atomic E-state index is 10.8. The van der Waals surface area contributed by atoms with E-state index in [2.05, 4.69) is 0 Å². The largest absolute Gasteiger partial charge is 0.463 e. The number of carbonyl (C=O) groups is 1. The first kappa shape index (κ1) is 10.6. The Hall–Kier alpha value is -0.440. The van der Waals surface area contributed by atoms with E-state index in [1.807, 2.05) is 13.8 Å². The number of hydrogen-bond acceptors (Lipinski definition) is 3. The smallest absolute Gasteiger partial charge is 0.331 e. The van der Waals surface area contributed by atoms with Gasteiger partial charge in [0.2, 0.25) is 0 Å². The summed E-state index contributed by atoms with van der Waals surface area (Å²) in [6, 6.07) is 0. The molecule has 0 fully saturated rings. The molecule has 0 saturated heterocycles. The fraction of sp³-hybridized carbons (Fsp3) is 0.625. The molecule has 0 saturated carbocycles. The molecule has 0 rings (SSSR count). The van der Waals surface area contributed by atoms with Crippen molar-refractivity contribution in [2.75, 3.05) is 12.4 Å². The lowest BCUT2D eigenvalue weighted by Crippen LogP contribution is -1.99. The van der Waals surface area contributed by atoms with Crippen molar-refractivity contribution in [3.05, 3.63) is 11.0 Å². The maximum absolute atomic E-state index is 10.8. The number of esters is 1. The van der Waals surface area contributed by atoms with Gasteiger partial charge in [0.25, 0.3) is 0 Å². The fourth-order valence-electron chi connectivity index (χ4n) is 0.619. The minimum absolute atomic E-state index is 0.244. The third-order valence-corrected chi connectivity index (χ3v) is 1.84. The molecule has 3 heteroatoms. The number of ether oxygens (including phenoxy) is 1. The topological polar surface area (TPSA) is 26.3 Å². The van der Waals surface area contributed by atoms with Crippen LogP contribution < -0.4 is 0 Å². The molecule has 0 spiro atoms. The van der Waals surface area contributed by atoms with Gasteiger partial charge in [0.05, 0.1) is 6.61 Å². The van der Waals surface area contributed by atoms with Crippen LogP contribution in [0.1, 0.15) is 20.8 Å². The molecule has 0 atom stereocenters. The van der Waals surface area contributed by atoms with Crippen LogP contribution in [0.25, 0.3) is 0 Å². The average molecular weight is 174 g/mol. The Kier molecular flexibility index (Phi) is 6.03. The second-order valence-corrected chi connectivity index (χ2v) is 3.45. The van der Waals surface area contributed by atoms with Gasteiger partial charge in [-0.2, -0.15) is 0 Å². The second-order valence-electron chi connectivity index (χ2n) is 1.94. The van der Waals surface area contributed by atoms with Gasteiger partial charge in [0.15, 0.2) is 0 Å². The zero-order chi connectivity index (χ0) is 8.69. The molecule has 0 aromatic heterocycles. The monoisotopic (exact) mass is 174 g/mol. The summed E-state index contributed by atoms with van der Waals surface area (Å²) in [7, 11) is 0. The van der Waals surface area contributed by atoms with E-state index in [0.717, 1.165) is 10.7 Å². The first-order chi connectivity index (χ1) is 5.20. The molecule has 0 radical (unpaired) electrons. The van der Waals surface area contributed by atoms with Crippen molar-refractivity contribution in [1.29, 1.82) is 0 Å². The zero-order valence-electron chi connectivity index (χ0n) is 7.22. The summed E-state index contributed by atoms with van der Waals surface area (Å²) in [5.74, 6) is 0.743. The van der Waals surface area contributed by atoms with Gasteiger partial charge < -0.3 is 4.74 Å². The summed E-state index contributed by atoms with van der Waals surface area (Å²) in [6.45, 7) is 6.20. The van der Waals surface area contributed by atoms with E-state index in [-0.39, 0.29) is 5.97 Å². The molecule has 0 N–H and O–H groups in total. The van der Waals surface area contributed by atoms with Gasteiger partial charge >= 0.3 is 5.97 Å². The highest BCUT2D eigenvalue weighted by Crippen LogP contribution is 2.13. The Morgan fingerprint density at radius 3 is 2.64 bits per heavy atom. The number of thioether (sulfide) groups is 1. The van der Waals surface area contributed by atoms with Crippen molar-refractivity contribution in [2.24, 2.45) is 0 Å². The highest BCUT2D eigenvalue weighted by atomic mass is 32.2. The van der Waals surface area contributed by atoms with Crippen LogP contribution in [-0.2, 0) is 9.53 Å². The van der Waals surface area contributed by atoms with Gasteiger partial charge in [0, 0.05) is 6.08 Å². The molecule has 0 aliphatic heterocycles. The van der Waals surface area contributed by atoms with E-state index in [1.165, 1.54) is 6.08 Å². The van der Waals surface area contributed by atoms with Crippen molar-refractivity contribution in [3.63, 3.8) is 0 Å². The van der Waals surface area contributed by atoms with E-state index >= 15 is 0 Å². The summed E-state index contributed by atoms with van der Waals surface area (Å²) in [5.41, 5.74) is 0. The van der Waals surface area contributed by atoms with Crippen LogP contribution in [0.15, 0.2) is 11.0 Å². The minimum Gasteiger partial charge on any atom is -0.463 e. The van der Waals surface area contributed by atoms with E-state index in [0.29, 0.717) is 6.61 Å². The third kappa shape index (κ3) is 5.98. The molecule has 0 amide bonds. The summed E-state index contributed by atoms with van der Waals surface area (Å²) < 4.78 is 4.73. The average Bonchev–Trinajstić information content (AvgIpc) is 1.87. The summed E-state index contributed by atoms with van der Waals surface area (Å²) in [5, 5.41) is 0. The highest BCUT2D eigenvalue weighted by molar-refractivity contribution is 8.03. The lowest BCUT2D eigenvalue weighted by atomic mass is 10.5. The summed E-state index contributed by atoms with van der Waals surface area (Å²) in [6.07, 6.45) is 1.53. The summed E-state index contributed by atoms with van der Waals surface area (Å²) in [4.78, 5) is 11.8. The van der Waals surface area contributed by atoms with Crippen LogP contribution in [0.5, 0.6) is 0 Å². The molecule has 0 aromatic rings. The van der Waals surface area contributed by atoms with Crippen LogP contribution in [-0.4, -0.2) is 18.3 Å². The Morgan fingerprint density at radius 2 is 2.18 bits per heavy atom. The molecule has 0 bridgehead atoms. The molecule has 11 heavy (non-hydrogen) atoms.